The lowest BCUT2D eigenvalue weighted by Gasteiger charge is -1.96. The number of hydrogen-bond donors (Lipinski definition) is 1. The van der Waals surface area contributed by atoms with Crippen molar-refractivity contribution in [3.05, 3.63) is 0 Å². The van der Waals surface area contributed by atoms with Crippen molar-refractivity contribution < 1.29 is 9.46 Å². The molecule has 1 unspecified atom stereocenters. The van der Waals surface area contributed by atoms with E-state index in [1.165, 1.54) is 19.3 Å². The quantitative estimate of drug-likeness (QED) is 0.483. The van der Waals surface area contributed by atoms with Gasteiger partial charge in [0.25, 0.3) is 0 Å². The maximum atomic E-state index is 10.2. The average Bonchev–Trinajstić information content (AvgIpc) is 1.87. The van der Waals surface area contributed by atoms with Crippen LogP contribution in [-0.2, 0) is 4.57 Å². The van der Waals surface area contributed by atoms with E-state index in [0.29, 0.717) is 6.16 Å². The molecule has 0 spiro atoms. The van der Waals surface area contributed by atoms with E-state index in [9.17, 15) is 4.57 Å². The van der Waals surface area contributed by atoms with Gasteiger partial charge in [-0.2, -0.15) is 0 Å². The predicted molar refractivity (Wildman–Crippen MR) is 44.8 cm³/mol. The molecule has 1 N–H and O–H groups in total. The fraction of sp³-hybridized carbons (Fsp3) is 1.00. The molecule has 2 nitrogen and oxygen atoms in total. The Labute approximate surface area is 63.5 Å². The summed E-state index contributed by atoms with van der Waals surface area (Å²) in [5.74, 6) is 0. The van der Waals surface area contributed by atoms with Gasteiger partial charge in [0.15, 0.2) is 8.03 Å². The lowest BCUT2D eigenvalue weighted by molar-refractivity contribution is 0.499. The minimum atomic E-state index is -2.17. The van der Waals surface area contributed by atoms with E-state index in [-0.39, 0.29) is 0 Å². The SMILES string of the molecule is CCCCCCC[PH](=O)O. The number of unbranched alkanes of at least 4 members (excludes halogenated alkanes) is 4. The van der Waals surface area contributed by atoms with Gasteiger partial charge in [0.05, 0.1) is 0 Å². The molecular weight excluding hydrogens is 147 g/mol. The topological polar surface area (TPSA) is 37.3 Å². The van der Waals surface area contributed by atoms with E-state index in [4.69, 9.17) is 4.89 Å². The first-order chi connectivity index (χ1) is 4.77. The van der Waals surface area contributed by atoms with Crippen LogP contribution in [-0.4, -0.2) is 11.1 Å². The van der Waals surface area contributed by atoms with E-state index in [1.54, 1.807) is 0 Å². The maximum absolute atomic E-state index is 10.2. The lowest BCUT2D eigenvalue weighted by atomic mass is 10.2. The highest BCUT2D eigenvalue weighted by Crippen LogP contribution is 2.16. The maximum Gasteiger partial charge on any atom is 0.189 e. The molecule has 0 heterocycles. The van der Waals surface area contributed by atoms with Gasteiger partial charge in [-0.25, -0.2) is 0 Å². The molecule has 0 aromatic heterocycles. The Balaban J connectivity index is 2.84. The Bertz CT molecular complexity index is 93.6. The summed E-state index contributed by atoms with van der Waals surface area (Å²) < 4.78 is 10.2. The first-order valence-electron chi connectivity index (χ1n) is 3.99. The third-order valence-corrected chi connectivity index (χ3v) is 2.28. The fourth-order valence-electron chi connectivity index (χ4n) is 0.880. The van der Waals surface area contributed by atoms with Crippen molar-refractivity contribution in [2.45, 2.75) is 39.0 Å². The van der Waals surface area contributed by atoms with Gasteiger partial charge in [-0.1, -0.05) is 32.6 Å². The summed E-state index contributed by atoms with van der Waals surface area (Å²) in [4.78, 5) is 8.46. The van der Waals surface area contributed by atoms with Crippen molar-refractivity contribution in [3.63, 3.8) is 0 Å². The Morgan fingerprint density at radius 2 is 1.80 bits per heavy atom. The molecule has 0 aliphatic rings. The van der Waals surface area contributed by atoms with Gasteiger partial charge >= 0.3 is 0 Å². The molecule has 0 aliphatic heterocycles. The third-order valence-electron chi connectivity index (χ3n) is 1.49. The molecule has 0 aromatic carbocycles. The normalized spacial score (nSPS) is 13.4. The average molecular weight is 164 g/mol. The zero-order chi connectivity index (χ0) is 7.82. The highest BCUT2D eigenvalue weighted by atomic mass is 31.1. The molecule has 0 rings (SSSR count). The van der Waals surface area contributed by atoms with Gasteiger partial charge in [-0.3, -0.25) is 4.57 Å². The van der Waals surface area contributed by atoms with Crippen molar-refractivity contribution in [2.24, 2.45) is 0 Å². The second-order valence-corrected chi connectivity index (χ2v) is 3.85. The van der Waals surface area contributed by atoms with E-state index >= 15 is 0 Å². The van der Waals surface area contributed by atoms with E-state index < -0.39 is 8.03 Å². The number of hydrogen-bond acceptors (Lipinski definition) is 1. The molecule has 62 valence electrons. The minimum absolute atomic E-state index is 0.522. The van der Waals surface area contributed by atoms with Crippen LogP contribution < -0.4 is 0 Å². The third kappa shape index (κ3) is 8.19. The molecule has 0 bridgehead atoms. The zero-order valence-corrected chi connectivity index (χ0v) is 7.60. The van der Waals surface area contributed by atoms with Crippen LogP contribution in [0.15, 0.2) is 0 Å². The second kappa shape index (κ2) is 7.30. The van der Waals surface area contributed by atoms with Crippen molar-refractivity contribution in [1.29, 1.82) is 0 Å². The lowest BCUT2D eigenvalue weighted by Crippen LogP contribution is -1.80. The second-order valence-electron chi connectivity index (χ2n) is 2.56. The van der Waals surface area contributed by atoms with Gasteiger partial charge in [0, 0.05) is 6.16 Å². The van der Waals surface area contributed by atoms with Crippen LogP contribution in [0, 0.1) is 0 Å². The van der Waals surface area contributed by atoms with Crippen LogP contribution in [0.2, 0.25) is 0 Å². The highest BCUT2D eigenvalue weighted by molar-refractivity contribution is 7.37. The first-order valence-corrected chi connectivity index (χ1v) is 5.55. The highest BCUT2D eigenvalue weighted by Gasteiger charge is 1.92. The minimum Gasteiger partial charge on any atom is -0.346 e. The summed E-state index contributed by atoms with van der Waals surface area (Å²) in [6, 6.07) is 0. The molecule has 10 heavy (non-hydrogen) atoms. The largest absolute Gasteiger partial charge is 0.346 e. The summed E-state index contributed by atoms with van der Waals surface area (Å²) >= 11 is 0. The van der Waals surface area contributed by atoms with Crippen LogP contribution in [0.1, 0.15) is 39.0 Å². The molecule has 0 aromatic rings. The van der Waals surface area contributed by atoms with Crippen molar-refractivity contribution >= 4 is 8.03 Å². The molecule has 0 saturated carbocycles. The summed E-state index contributed by atoms with van der Waals surface area (Å²) in [6.45, 7) is 2.16. The molecular formula is C7H17O2P. The summed E-state index contributed by atoms with van der Waals surface area (Å²) in [6.07, 6.45) is 6.26. The van der Waals surface area contributed by atoms with Gasteiger partial charge in [-0.15, -0.1) is 0 Å². The van der Waals surface area contributed by atoms with E-state index in [2.05, 4.69) is 6.92 Å². The van der Waals surface area contributed by atoms with E-state index in [0.717, 1.165) is 12.8 Å². The Kier molecular flexibility index (Phi) is 7.44. The Morgan fingerprint density at radius 3 is 2.30 bits per heavy atom. The van der Waals surface area contributed by atoms with Crippen LogP contribution in [0.4, 0.5) is 0 Å². The van der Waals surface area contributed by atoms with Crippen molar-refractivity contribution in [2.75, 3.05) is 6.16 Å². The van der Waals surface area contributed by atoms with Crippen LogP contribution in [0.5, 0.6) is 0 Å². The summed E-state index contributed by atoms with van der Waals surface area (Å²) in [5, 5.41) is 0. The van der Waals surface area contributed by atoms with Gasteiger partial charge < -0.3 is 4.89 Å². The van der Waals surface area contributed by atoms with Crippen molar-refractivity contribution in [1.82, 2.24) is 0 Å². The zero-order valence-electron chi connectivity index (χ0n) is 6.60. The standard InChI is InChI=1S/C7H17O2P/c1-2-3-4-5-6-7-10(8)9/h10H,2-7H2,1H3,(H,8,9). The Hall–Kier alpha value is 0.190. The molecule has 0 aliphatic carbocycles. The molecule has 0 radical (unpaired) electrons. The predicted octanol–water partition coefficient (Wildman–Crippen LogP) is 2.42. The van der Waals surface area contributed by atoms with E-state index in [1.807, 2.05) is 0 Å². The van der Waals surface area contributed by atoms with Crippen molar-refractivity contribution in [3.8, 4) is 0 Å². The molecule has 3 heteroatoms. The monoisotopic (exact) mass is 164 g/mol. The molecule has 0 amide bonds. The van der Waals surface area contributed by atoms with Crippen LogP contribution >= 0.6 is 8.03 Å². The van der Waals surface area contributed by atoms with Gasteiger partial charge in [-0.05, 0) is 6.42 Å². The first kappa shape index (κ1) is 10.2. The van der Waals surface area contributed by atoms with Gasteiger partial charge in [0.1, 0.15) is 0 Å². The summed E-state index contributed by atoms with van der Waals surface area (Å²) in [7, 11) is -2.17. The van der Waals surface area contributed by atoms with Crippen LogP contribution in [0.25, 0.3) is 0 Å². The smallest absolute Gasteiger partial charge is 0.189 e. The van der Waals surface area contributed by atoms with Gasteiger partial charge in [0.2, 0.25) is 0 Å². The number of rotatable bonds is 6. The van der Waals surface area contributed by atoms with Crippen LogP contribution in [0.3, 0.4) is 0 Å². The fourth-order valence-corrected chi connectivity index (χ4v) is 1.43. The molecule has 1 atom stereocenters. The summed E-state index contributed by atoms with van der Waals surface area (Å²) in [5.41, 5.74) is 0. The molecule has 0 fully saturated rings. The Morgan fingerprint density at radius 1 is 1.20 bits per heavy atom. The molecule has 0 saturated heterocycles.